The summed E-state index contributed by atoms with van der Waals surface area (Å²) >= 11 is 5.88. The quantitative estimate of drug-likeness (QED) is 0.546. The molecule has 0 aromatic carbocycles. The molecule has 0 aliphatic rings. The lowest BCUT2D eigenvalue weighted by atomic mass is 10.2. The highest BCUT2D eigenvalue weighted by Crippen LogP contribution is 2.22. The molecule has 0 atom stereocenters. The van der Waals surface area contributed by atoms with E-state index in [9.17, 15) is 4.79 Å². The van der Waals surface area contributed by atoms with Crippen LogP contribution in [0.25, 0.3) is 0 Å². The highest BCUT2D eigenvalue weighted by molar-refractivity contribution is 6.60. The zero-order chi connectivity index (χ0) is 13.5. The van der Waals surface area contributed by atoms with Crippen LogP contribution >= 0.6 is 11.6 Å². The Balaban J connectivity index is 4.32. The molecule has 1 N–H and O–H groups in total. The van der Waals surface area contributed by atoms with Gasteiger partial charge in [-0.1, -0.05) is 11.6 Å². The molecule has 7 heteroatoms. The Kier molecular flexibility index (Phi) is 7.65. The predicted octanol–water partition coefficient (Wildman–Crippen LogP) is 2.24. The van der Waals surface area contributed by atoms with E-state index in [1.54, 1.807) is 21.3 Å². The van der Waals surface area contributed by atoms with Crippen LogP contribution in [0.4, 0.5) is 0 Å². The van der Waals surface area contributed by atoms with Gasteiger partial charge >= 0.3 is 14.8 Å². The van der Waals surface area contributed by atoms with Crippen LogP contribution in [0.3, 0.4) is 0 Å². The lowest BCUT2D eigenvalue weighted by Gasteiger charge is -2.24. The molecule has 0 aliphatic carbocycles. The summed E-state index contributed by atoms with van der Waals surface area (Å²) in [6.45, 7) is 1.48. The number of carboxylic acids is 1. The van der Waals surface area contributed by atoms with Gasteiger partial charge in [-0.15, -0.1) is 0 Å². The van der Waals surface area contributed by atoms with Gasteiger partial charge in [0.15, 0.2) is 0 Å². The second-order valence-electron chi connectivity index (χ2n) is 3.48. The smallest absolute Gasteiger partial charge is 0.478 e. The van der Waals surface area contributed by atoms with E-state index < -0.39 is 14.8 Å². The van der Waals surface area contributed by atoms with Gasteiger partial charge < -0.3 is 18.4 Å². The molecule has 0 amide bonds. The van der Waals surface area contributed by atoms with Crippen LogP contribution in [0, 0.1) is 0 Å². The van der Waals surface area contributed by atoms with Crippen molar-refractivity contribution in [1.82, 2.24) is 0 Å². The first-order chi connectivity index (χ1) is 7.92. The lowest BCUT2D eigenvalue weighted by molar-refractivity contribution is -0.132. The summed E-state index contributed by atoms with van der Waals surface area (Å²) in [5.74, 6) is -0.997. The number of allylic oxidation sites excluding steroid dienone is 1. The van der Waals surface area contributed by atoms with Crippen molar-refractivity contribution in [1.29, 1.82) is 0 Å². The Bertz CT molecular complexity index is 280. The minimum absolute atomic E-state index is 0.172. The average molecular weight is 283 g/mol. The van der Waals surface area contributed by atoms with Gasteiger partial charge in [0, 0.05) is 38.0 Å². The SMILES string of the molecule is CO[Si](CCCC(Cl)=C(C)C(=O)O)(OC)OC. The maximum Gasteiger partial charge on any atom is 0.500 e. The Morgan fingerprint density at radius 3 is 2.06 bits per heavy atom. The zero-order valence-electron chi connectivity index (χ0n) is 10.6. The summed E-state index contributed by atoms with van der Waals surface area (Å²) in [4.78, 5) is 10.7. The Labute approximate surface area is 108 Å². The van der Waals surface area contributed by atoms with Gasteiger partial charge in [-0.25, -0.2) is 4.79 Å². The molecule has 0 unspecified atom stereocenters. The third-order valence-electron chi connectivity index (χ3n) is 2.54. The topological polar surface area (TPSA) is 65.0 Å². The minimum atomic E-state index is -2.57. The fourth-order valence-electron chi connectivity index (χ4n) is 1.32. The summed E-state index contributed by atoms with van der Waals surface area (Å²) in [6, 6.07) is 0.597. The summed E-state index contributed by atoms with van der Waals surface area (Å²) < 4.78 is 15.7. The molecular weight excluding hydrogens is 264 g/mol. The van der Waals surface area contributed by atoms with E-state index in [2.05, 4.69) is 0 Å². The largest absolute Gasteiger partial charge is 0.500 e. The van der Waals surface area contributed by atoms with E-state index in [0.717, 1.165) is 0 Å². The number of rotatable bonds is 8. The van der Waals surface area contributed by atoms with Crippen molar-refractivity contribution in [3.05, 3.63) is 10.6 Å². The number of hydrogen-bond acceptors (Lipinski definition) is 4. The van der Waals surface area contributed by atoms with Gasteiger partial charge in [-0.05, 0) is 19.8 Å². The molecule has 0 fully saturated rings. The molecule has 0 aliphatic heterocycles. The first-order valence-corrected chi connectivity index (χ1v) is 7.47. The maximum atomic E-state index is 10.7. The van der Waals surface area contributed by atoms with E-state index in [1.165, 1.54) is 6.92 Å². The average Bonchev–Trinajstić information content (AvgIpc) is 2.34. The minimum Gasteiger partial charge on any atom is -0.478 e. The molecule has 0 saturated carbocycles. The third kappa shape index (κ3) is 5.18. The predicted molar refractivity (Wildman–Crippen MR) is 67.0 cm³/mol. The summed E-state index contributed by atoms with van der Waals surface area (Å²) in [7, 11) is 2.05. The molecule has 100 valence electrons. The summed E-state index contributed by atoms with van der Waals surface area (Å²) in [5, 5.41) is 9.09. The molecule has 5 nitrogen and oxygen atoms in total. The second-order valence-corrected chi connectivity index (χ2v) is 7.03. The van der Waals surface area contributed by atoms with E-state index in [4.69, 9.17) is 30.0 Å². The second kappa shape index (κ2) is 7.83. The Morgan fingerprint density at radius 2 is 1.71 bits per heavy atom. The Hall–Kier alpha value is -0.403. The molecular formula is C10H19ClO5Si. The number of carboxylic acid groups (broad SMARTS) is 1. The van der Waals surface area contributed by atoms with Gasteiger partial charge in [-0.2, -0.15) is 0 Å². The summed E-state index contributed by atoms with van der Waals surface area (Å²) in [5.41, 5.74) is 0.172. The molecule has 0 radical (unpaired) electrons. The van der Waals surface area contributed by atoms with E-state index >= 15 is 0 Å². The highest BCUT2D eigenvalue weighted by atomic mass is 35.5. The molecule has 0 spiro atoms. The molecule has 0 aromatic rings. The highest BCUT2D eigenvalue weighted by Gasteiger charge is 2.36. The molecule has 0 saturated heterocycles. The molecule has 0 rings (SSSR count). The van der Waals surface area contributed by atoms with Gasteiger partial charge in [0.1, 0.15) is 0 Å². The van der Waals surface area contributed by atoms with Gasteiger partial charge in [0.2, 0.25) is 0 Å². The maximum absolute atomic E-state index is 10.7. The van der Waals surface area contributed by atoms with Gasteiger partial charge in [0.05, 0.1) is 0 Å². The van der Waals surface area contributed by atoms with Crippen LogP contribution in [0.1, 0.15) is 19.8 Å². The van der Waals surface area contributed by atoms with Crippen molar-refractivity contribution in [2.45, 2.75) is 25.8 Å². The van der Waals surface area contributed by atoms with Crippen LogP contribution in [0.5, 0.6) is 0 Å². The molecule has 0 aromatic heterocycles. The van der Waals surface area contributed by atoms with E-state index in [1.807, 2.05) is 0 Å². The normalized spacial score (nSPS) is 13.5. The number of hydrogen-bond donors (Lipinski definition) is 1. The van der Waals surface area contributed by atoms with Crippen molar-refractivity contribution < 1.29 is 23.2 Å². The van der Waals surface area contributed by atoms with Crippen LogP contribution in [0.2, 0.25) is 6.04 Å². The fraction of sp³-hybridized carbons (Fsp3) is 0.700. The van der Waals surface area contributed by atoms with E-state index in [-0.39, 0.29) is 5.57 Å². The Morgan fingerprint density at radius 1 is 1.24 bits per heavy atom. The van der Waals surface area contributed by atoms with Crippen molar-refractivity contribution in [2.75, 3.05) is 21.3 Å². The zero-order valence-corrected chi connectivity index (χ0v) is 12.3. The van der Waals surface area contributed by atoms with Crippen molar-refractivity contribution in [3.63, 3.8) is 0 Å². The van der Waals surface area contributed by atoms with Crippen LogP contribution in [-0.4, -0.2) is 41.2 Å². The van der Waals surface area contributed by atoms with Crippen molar-refractivity contribution >= 4 is 26.4 Å². The summed E-state index contributed by atoms with van der Waals surface area (Å²) in [6.07, 6.45) is 1.13. The standard InChI is InChI=1S/C10H19ClO5Si/c1-8(10(12)13)9(11)6-5-7-17(14-2,15-3)16-4/h5-7H2,1-4H3,(H,12,13). The monoisotopic (exact) mass is 282 g/mol. The molecule has 0 heterocycles. The fourth-order valence-corrected chi connectivity index (χ4v) is 3.26. The van der Waals surface area contributed by atoms with E-state index in [0.29, 0.717) is 23.9 Å². The molecule has 0 bridgehead atoms. The molecule has 17 heavy (non-hydrogen) atoms. The van der Waals surface area contributed by atoms with Crippen molar-refractivity contribution in [3.8, 4) is 0 Å². The van der Waals surface area contributed by atoms with Crippen LogP contribution < -0.4 is 0 Å². The number of halogens is 1. The van der Waals surface area contributed by atoms with Gasteiger partial charge in [-0.3, -0.25) is 0 Å². The first-order valence-electron chi connectivity index (χ1n) is 5.16. The van der Waals surface area contributed by atoms with Crippen LogP contribution in [-0.2, 0) is 18.1 Å². The first kappa shape index (κ1) is 16.6. The third-order valence-corrected chi connectivity index (χ3v) is 5.84. The van der Waals surface area contributed by atoms with Crippen molar-refractivity contribution in [2.24, 2.45) is 0 Å². The lowest BCUT2D eigenvalue weighted by Crippen LogP contribution is -2.42. The number of carbonyl (C=O) groups is 1. The number of aliphatic carboxylic acids is 1. The van der Waals surface area contributed by atoms with Crippen LogP contribution in [0.15, 0.2) is 10.6 Å². The van der Waals surface area contributed by atoms with Gasteiger partial charge in [0.25, 0.3) is 0 Å².